The molecular formula is C18H18ClNO3. The van der Waals surface area contributed by atoms with Gasteiger partial charge in [-0.25, -0.2) is 0 Å². The van der Waals surface area contributed by atoms with Crippen molar-refractivity contribution in [2.75, 3.05) is 13.2 Å². The van der Waals surface area contributed by atoms with Crippen LogP contribution in [0.5, 0.6) is 5.75 Å². The summed E-state index contributed by atoms with van der Waals surface area (Å²) in [6.07, 6.45) is 0.217. The van der Waals surface area contributed by atoms with Gasteiger partial charge in [0.1, 0.15) is 5.75 Å². The fourth-order valence-electron chi connectivity index (χ4n) is 2.06. The summed E-state index contributed by atoms with van der Waals surface area (Å²) < 4.78 is 5.35. The first-order valence-corrected chi connectivity index (χ1v) is 7.73. The first kappa shape index (κ1) is 17.0. The predicted molar refractivity (Wildman–Crippen MR) is 90.1 cm³/mol. The lowest BCUT2D eigenvalue weighted by molar-refractivity contribution is -0.120. The van der Waals surface area contributed by atoms with Gasteiger partial charge in [0, 0.05) is 10.6 Å². The second-order valence-corrected chi connectivity index (χ2v) is 5.40. The first-order chi connectivity index (χ1) is 11.1. The molecule has 1 amide bonds. The van der Waals surface area contributed by atoms with Crippen LogP contribution in [0.15, 0.2) is 48.5 Å². The van der Waals surface area contributed by atoms with Gasteiger partial charge in [-0.2, -0.15) is 0 Å². The Balaban J connectivity index is 1.84. The molecule has 0 aliphatic heterocycles. The third kappa shape index (κ3) is 5.42. The second-order valence-electron chi connectivity index (χ2n) is 4.96. The minimum absolute atomic E-state index is 0.0454. The molecule has 2 aromatic carbocycles. The number of amides is 1. The maximum atomic E-state index is 12.0. The number of benzene rings is 2. The smallest absolute Gasteiger partial charge is 0.224 e. The summed E-state index contributed by atoms with van der Waals surface area (Å²) in [5.74, 6) is 0.393. The van der Waals surface area contributed by atoms with Gasteiger partial charge >= 0.3 is 0 Å². The van der Waals surface area contributed by atoms with Crippen molar-refractivity contribution in [3.8, 4) is 5.75 Å². The molecule has 5 heteroatoms. The van der Waals surface area contributed by atoms with Crippen molar-refractivity contribution in [2.45, 2.75) is 13.3 Å². The fourth-order valence-corrected chi connectivity index (χ4v) is 2.25. The normalized spacial score (nSPS) is 10.2. The highest BCUT2D eigenvalue weighted by molar-refractivity contribution is 6.31. The van der Waals surface area contributed by atoms with Crippen molar-refractivity contribution in [1.29, 1.82) is 0 Å². The summed E-state index contributed by atoms with van der Waals surface area (Å²) in [6.45, 7) is 2.47. The van der Waals surface area contributed by atoms with Gasteiger partial charge in [0.15, 0.2) is 5.78 Å². The molecule has 0 bridgehead atoms. The second kappa shape index (κ2) is 8.34. The SMILES string of the molecule is CCOc1ccc(CC(=O)NCC(=O)c2cccc(Cl)c2)cc1. The molecule has 0 radical (unpaired) electrons. The number of rotatable bonds is 7. The van der Waals surface area contributed by atoms with E-state index in [0.717, 1.165) is 11.3 Å². The standard InChI is InChI=1S/C18H18ClNO3/c1-2-23-16-8-6-13(7-9-16)10-18(22)20-12-17(21)14-4-3-5-15(19)11-14/h3-9,11H,2,10,12H2,1H3,(H,20,22). The van der Waals surface area contributed by atoms with Crippen molar-refractivity contribution in [3.05, 3.63) is 64.7 Å². The van der Waals surface area contributed by atoms with E-state index in [0.29, 0.717) is 17.2 Å². The fraction of sp³-hybridized carbons (Fsp3) is 0.222. The van der Waals surface area contributed by atoms with Crippen LogP contribution in [-0.4, -0.2) is 24.8 Å². The molecule has 2 aromatic rings. The number of halogens is 1. The molecule has 23 heavy (non-hydrogen) atoms. The van der Waals surface area contributed by atoms with Crippen LogP contribution in [0.1, 0.15) is 22.8 Å². The van der Waals surface area contributed by atoms with E-state index in [9.17, 15) is 9.59 Å². The largest absolute Gasteiger partial charge is 0.494 e. The summed E-state index contributed by atoms with van der Waals surface area (Å²) in [4.78, 5) is 23.9. The van der Waals surface area contributed by atoms with Crippen LogP contribution in [0.4, 0.5) is 0 Å². The van der Waals surface area contributed by atoms with Crippen LogP contribution in [0.2, 0.25) is 5.02 Å². The van der Waals surface area contributed by atoms with Gasteiger partial charge in [-0.05, 0) is 36.8 Å². The number of hydrogen-bond donors (Lipinski definition) is 1. The van der Waals surface area contributed by atoms with Gasteiger partial charge in [0.25, 0.3) is 0 Å². The molecule has 0 saturated carbocycles. The molecule has 0 aliphatic carbocycles. The van der Waals surface area contributed by atoms with Crippen LogP contribution in [0.25, 0.3) is 0 Å². The van der Waals surface area contributed by atoms with E-state index in [1.165, 1.54) is 0 Å². The van der Waals surface area contributed by atoms with Crippen LogP contribution < -0.4 is 10.1 Å². The monoisotopic (exact) mass is 331 g/mol. The van der Waals surface area contributed by atoms with E-state index in [1.54, 1.807) is 24.3 Å². The lowest BCUT2D eigenvalue weighted by Crippen LogP contribution is -2.30. The Morgan fingerprint density at radius 1 is 1.13 bits per heavy atom. The van der Waals surface area contributed by atoms with Crippen molar-refractivity contribution in [2.24, 2.45) is 0 Å². The minimum Gasteiger partial charge on any atom is -0.494 e. The topological polar surface area (TPSA) is 55.4 Å². The molecule has 0 unspecified atom stereocenters. The van der Waals surface area contributed by atoms with E-state index in [4.69, 9.17) is 16.3 Å². The highest BCUT2D eigenvalue weighted by Gasteiger charge is 2.09. The van der Waals surface area contributed by atoms with Crippen LogP contribution in [-0.2, 0) is 11.2 Å². The van der Waals surface area contributed by atoms with E-state index in [1.807, 2.05) is 31.2 Å². The maximum absolute atomic E-state index is 12.0. The maximum Gasteiger partial charge on any atom is 0.224 e. The van der Waals surface area contributed by atoms with Gasteiger partial charge < -0.3 is 10.1 Å². The van der Waals surface area contributed by atoms with Crippen molar-refractivity contribution >= 4 is 23.3 Å². The van der Waals surface area contributed by atoms with Crippen LogP contribution in [0, 0.1) is 0 Å². The number of carbonyl (C=O) groups excluding carboxylic acids is 2. The molecule has 0 aromatic heterocycles. The molecule has 1 N–H and O–H groups in total. The van der Waals surface area contributed by atoms with Gasteiger partial charge in [-0.3, -0.25) is 9.59 Å². The summed E-state index contributed by atoms with van der Waals surface area (Å²) in [5, 5.41) is 3.12. The minimum atomic E-state index is -0.204. The zero-order chi connectivity index (χ0) is 16.7. The zero-order valence-corrected chi connectivity index (χ0v) is 13.6. The van der Waals surface area contributed by atoms with Crippen LogP contribution >= 0.6 is 11.6 Å². The Kier molecular flexibility index (Phi) is 6.18. The molecule has 2 rings (SSSR count). The van der Waals surface area contributed by atoms with Gasteiger partial charge in [0.05, 0.1) is 19.6 Å². The number of ether oxygens (including phenoxy) is 1. The quantitative estimate of drug-likeness (QED) is 0.792. The van der Waals surface area contributed by atoms with Gasteiger partial charge in [-0.1, -0.05) is 35.9 Å². The van der Waals surface area contributed by atoms with Crippen LogP contribution in [0.3, 0.4) is 0 Å². The third-order valence-corrected chi connectivity index (χ3v) is 3.43. The molecule has 0 heterocycles. The molecule has 0 fully saturated rings. The zero-order valence-electron chi connectivity index (χ0n) is 12.8. The van der Waals surface area contributed by atoms with Crippen molar-refractivity contribution < 1.29 is 14.3 Å². The van der Waals surface area contributed by atoms with E-state index >= 15 is 0 Å². The number of ketones is 1. The number of nitrogens with one attached hydrogen (secondary N) is 1. The molecule has 120 valence electrons. The lowest BCUT2D eigenvalue weighted by Gasteiger charge is -2.07. The lowest BCUT2D eigenvalue weighted by atomic mass is 10.1. The highest BCUT2D eigenvalue weighted by atomic mass is 35.5. The van der Waals surface area contributed by atoms with Crippen molar-refractivity contribution in [1.82, 2.24) is 5.32 Å². The molecule has 0 atom stereocenters. The number of hydrogen-bond acceptors (Lipinski definition) is 3. The Morgan fingerprint density at radius 3 is 2.52 bits per heavy atom. The number of carbonyl (C=O) groups is 2. The van der Waals surface area contributed by atoms with Crippen molar-refractivity contribution in [3.63, 3.8) is 0 Å². The first-order valence-electron chi connectivity index (χ1n) is 7.35. The Morgan fingerprint density at radius 2 is 1.87 bits per heavy atom. The predicted octanol–water partition coefficient (Wildman–Crippen LogP) is 3.28. The average Bonchev–Trinajstić information content (AvgIpc) is 2.55. The average molecular weight is 332 g/mol. The third-order valence-electron chi connectivity index (χ3n) is 3.19. The highest BCUT2D eigenvalue weighted by Crippen LogP contribution is 2.13. The van der Waals surface area contributed by atoms with Gasteiger partial charge in [0.2, 0.25) is 5.91 Å². The molecule has 0 spiro atoms. The molecule has 4 nitrogen and oxygen atoms in total. The summed E-state index contributed by atoms with van der Waals surface area (Å²) in [5.41, 5.74) is 1.35. The molecular weight excluding hydrogens is 314 g/mol. The molecule has 0 aliphatic rings. The Bertz CT molecular complexity index is 683. The van der Waals surface area contributed by atoms with E-state index < -0.39 is 0 Å². The summed E-state index contributed by atoms with van der Waals surface area (Å²) in [6, 6.07) is 14.0. The van der Waals surface area contributed by atoms with E-state index in [-0.39, 0.29) is 24.7 Å². The summed E-state index contributed by atoms with van der Waals surface area (Å²) >= 11 is 5.84. The Hall–Kier alpha value is -2.33. The Labute approximate surface area is 140 Å². The van der Waals surface area contributed by atoms with Gasteiger partial charge in [-0.15, -0.1) is 0 Å². The molecule has 0 saturated heterocycles. The summed E-state index contributed by atoms with van der Waals surface area (Å²) in [7, 11) is 0. The van der Waals surface area contributed by atoms with E-state index in [2.05, 4.69) is 5.32 Å². The number of Topliss-reactive ketones (excluding diaryl/α,β-unsaturated/α-hetero) is 1.